The van der Waals surface area contributed by atoms with Crippen LogP contribution in [0.3, 0.4) is 0 Å². The molecule has 1 saturated heterocycles. The molecular weight excluding hydrogens is 332 g/mol. The molecule has 1 aromatic carbocycles. The first kappa shape index (κ1) is 17.8. The number of carbonyl (C=O) groups excluding carboxylic acids is 3. The van der Waals surface area contributed by atoms with Crippen LogP contribution in [0.4, 0.5) is 0 Å². The Morgan fingerprint density at radius 2 is 2.12 bits per heavy atom. The quantitative estimate of drug-likeness (QED) is 0.858. The summed E-state index contributed by atoms with van der Waals surface area (Å²) >= 11 is 0. The minimum Gasteiger partial charge on any atom is -0.359 e. The zero-order valence-electron chi connectivity index (χ0n) is 15.1. The van der Waals surface area contributed by atoms with E-state index in [1.807, 2.05) is 32.0 Å². The number of nitrogens with zero attached hydrogens (tertiary/aromatic N) is 2. The van der Waals surface area contributed by atoms with Gasteiger partial charge in [0.25, 0.3) is 5.91 Å². The van der Waals surface area contributed by atoms with E-state index in [2.05, 4.69) is 15.6 Å². The van der Waals surface area contributed by atoms with E-state index in [1.165, 1.54) is 11.9 Å². The van der Waals surface area contributed by atoms with E-state index in [0.717, 1.165) is 22.2 Å². The number of aryl methyl sites for hydroxylation is 2. The Morgan fingerprint density at radius 1 is 1.35 bits per heavy atom. The molecule has 1 aliphatic rings. The van der Waals surface area contributed by atoms with Crippen molar-refractivity contribution < 1.29 is 14.4 Å². The summed E-state index contributed by atoms with van der Waals surface area (Å²) in [6.45, 7) is 4.52. The molecule has 1 atom stereocenters. The SMILES string of the molecule is CNC(=O)C[C@@H]1C(=O)NCCN1C(=O)c1cc(C)nc2c(C)cccc12. The number of fused-ring (bicyclic) bond motifs is 1. The number of rotatable bonds is 3. The molecule has 0 aliphatic carbocycles. The van der Waals surface area contributed by atoms with Crippen LogP contribution in [-0.4, -0.2) is 53.8 Å². The average Bonchev–Trinajstić information content (AvgIpc) is 2.63. The summed E-state index contributed by atoms with van der Waals surface area (Å²) in [5.74, 6) is -0.842. The fourth-order valence-corrected chi connectivity index (χ4v) is 3.29. The van der Waals surface area contributed by atoms with Gasteiger partial charge in [0.2, 0.25) is 11.8 Å². The van der Waals surface area contributed by atoms with Crippen molar-refractivity contribution in [2.75, 3.05) is 20.1 Å². The lowest BCUT2D eigenvalue weighted by Gasteiger charge is -2.35. The molecule has 2 heterocycles. The largest absolute Gasteiger partial charge is 0.359 e. The number of amides is 3. The monoisotopic (exact) mass is 354 g/mol. The van der Waals surface area contributed by atoms with Crippen LogP contribution in [0.15, 0.2) is 24.3 Å². The molecule has 7 nitrogen and oxygen atoms in total. The van der Waals surface area contributed by atoms with Crippen LogP contribution in [-0.2, 0) is 9.59 Å². The molecule has 0 spiro atoms. The van der Waals surface area contributed by atoms with Crippen molar-refractivity contribution in [3.8, 4) is 0 Å². The molecule has 0 radical (unpaired) electrons. The highest BCUT2D eigenvalue weighted by Crippen LogP contribution is 2.24. The van der Waals surface area contributed by atoms with E-state index in [1.54, 1.807) is 6.07 Å². The molecule has 3 rings (SSSR count). The number of carbonyl (C=O) groups is 3. The van der Waals surface area contributed by atoms with E-state index < -0.39 is 6.04 Å². The summed E-state index contributed by atoms with van der Waals surface area (Å²) < 4.78 is 0. The Kier molecular flexibility index (Phi) is 4.88. The molecule has 3 amide bonds. The van der Waals surface area contributed by atoms with Gasteiger partial charge in [-0.1, -0.05) is 18.2 Å². The van der Waals surface area contributed by atoms with Crippen LogP contribution >= 0.6 is 0 Å². The first-order valence-electron chi connectivity index (χ1n) is 8.58. The summed E-state index contributed by atoms with van der Waals surface area (Å²) in [6.07, 6.45) is -0.0604. The molecule has 0 unspecified atom stereocenters. The maximum atomic E-state index is 13.3. The van der Waals surface area contributed by atoms with Crippen molar-refractivity contribution in [3.05, 3.63) is 41.1 Å². The first-order chi connectivity index (χ1) is 12.4. The van der Waals surface area contributed by atoms with Crippen LogP contribution in [0.1, 0.15) is 28.0 Å². The normalized spacial score (nSPS) is 17.1. The van der Waals surface area contributed by atoms with Crippen molar-refractivity contribution in [3.63, 3.8) is 0 Å². The number of nitrogens with one attached hydrogen (secondary N) is 2. The molecule has 26 heavy (non-hydrogen) atoms. The second kappa shape index (κ2) is 7.11. The van der Waals surface area contributed by atoms with Gasteiger partial charge in [0.1, 0.15) is 6.04 Å². The number of pyridine rings is 1. The third-order valence-electron chi connectivity index (χ3n) is 4.65. The third kappa shape index (κ3) is 3.24. The van der Waals surface area contributed by atoms with Crippen LogP contribution in [0.25, 0.3) is 10.9 Å². The highest BCUT2D eigenvalue weighted by Gasteiger charge is 2.35. The Bertz CT molecular complexity index is 894. The molecule has 136 valence electrons. The molecule has 1 aliphatic heterocycles. The topological polar surface area (TPSA) is 91.4 Å². The van der Waals surface area contributed by atoms with Crippen LogP contribution < -0.4 is 10.6 Å². The smallest absolute Gasteiger partial charge is 0.255 e. The van der Waals surface area contributed by atoms with E-state index in [4.69, 9.17) is 0 Å². The van der Waals surface area contributed by atoms with E-state index in [9.17, 15) is 14.4 Å². The zero-order valence-corrected chi connectivity index (χ0v) is 15.1. The molecule has 2 N–H and O–H groups in total. The molecule has 7 heteroatoms. The van der Waals surface area contributed by atoms with Crippen LogP contribution in [0.5, 0.6) is 0 Å². The van der Waals surface area contributed by atoms with Gasteiger partial charge in [-0.25, -0.2) is 0 Å². The zero-order chi connectivity index (χ0) is 18.8. The van der Waals surface area contributed by atoms with E-state index in [0.29, 0.717) is 18.7 Å². The van der Waals surface area contributed by atoms with Gasteiger partial charge >= 0.3 is 0 Å². The molecule has 2 aromatic rings. The standard InChI is InChI=1S/C19H22N4O3/c1-11-5-4-6-13-14(9-12(2)22-17(11)13)19(26)23-8-7-21-18(25)15(23)10-16(24)20-3/h4-6,9,15H,7-8,10H2,1-3H3,(H,20,24)(H,21,25)/t15-/m1/s1. The van der Waals surface area contributed by atoms with Gasteiger partial charge in [0.15, 0.2) is 0 Å². The Balaban J connectivity index is 2.04. The Labute approximate surface area is 151 Å². The fraction of sp³-hybridized carbons (Fsp3) is 0.368. The maximum Gasteiger partial charge on any atom is 0.255 e. The number of para-hydroxylation sites is 1. The lowest BCUT2D eigenvalue weighted by molar-refractivity contribution is -0.132. The lowest BCUT2D eigenvalue weighted by atomic mass is 10.0. The van der Waals surface area contributed by atoms with Gasteiger partial charge in [0.05, 0.1) is 17.5 Å². The van der Waals surface area contributed by atoms with E-state index in [-0.39, 0.29) is 24.1 Å². The average molecular weight is 354 g/mol. The van der Waals surface area contributed by atoms with Crippen LogP contribution in [0.2, 0.25) is 0 Å². The maximum absolute atomic E-state index is 13.3. The molecular formula is C19H22N4O3. The number of hydrogen-bond donors (Lipinski definition) is 2. The fourth-order valence-electron chi connectivity index (χ4n) is 3.29. The minimum atomic E-state index is -0.815. The molecule has 0 saturated carbocycles. The number of aromatic nitrogens is 1. The summed E-state index contributed by atoms with van der Waals surface area (Å²) in [4.78, 5) is 43.4. The number of benzene rings is 1. The second-order valence-corrected chi connectivity index (χ2v) is 6.46. The summed E-state index contributed by atoms with van der Waals surface area (Å²) in [6, 6.07) is 6.62. The molecule has 1 fully saturated rings. The third-order valence-corrected chi connectivity index (χ3v) is 4.65. The minimum absolute atomic E-state index is 0.0604. The molecule has 0 bridgehead atoms. The van der Waals surface area contributed by atoms with Crippen molar-refractivity contribution in [1.29, 1.82) is 0 Å². The summed E-state index contributed by atoms with van der Waals surface area (Å²) in [5.41, 5.74) is 3.01. The highest BCUT2D eigenvalue weighted by atomic mass is 16.2. The predicted octanol–water partition coefficient (Wildman–Crippen LogP) is 0.928. The van der Waals surface area contributed by atoms with Crippen molar-refractivity contribution in [2.24, 2.45) is 0 Å². The summed E-state index contributed by atoms with van der Waals surface area (Å²) in [7, 11) is 1.51. The number of hydrogen-bond acceptors (Lipinski definition) is 4. The van der Waals surface area contributed by atoms with E-state index >= 15 is 0 Å². The van der Waals surface area contributed by atoms with Crippen molar-refractivity contribution >= 4 is 28.6 Å². The summed E-state index contributed by atoms with van der Waals surface area (Å²) in [5, 5.41) is 6.00. The lowest BCUT2D eigenvalue weighted by Crippen LogP contribution is -2.58. The van der Waals surface area contributed by atoms with Crippen molar-refractivity contribution in [1.82, 2.24) is 20.5 Å². The van der Waals surface area contributed by atoms with Gasteiger partial charge in [-0.15, -0.1) is 0 Å². The predicted molar refractivity (Wildman–Crippen MR) is 97.7 cm³/mol. The van der Waals surface area contributed by atoms with Gasteiger partial charge in [0, 0.05) is 31.2 Å². The second-order valence-electron chi connectivity index (χ2n) is 6.46. The first-order valence-corrected chi connectivity index (χ1v) is 8.58. The molecule has 1 aromatic heterocycles. The van der Waals surface area contributed by atoms with Gasteiger partial charge in [-0.05, 0) is 25.5 Å². The van der Waals surface area contributed by atoms with Gasteiger partial charge in [-0.3, -0.25) is 19.4 Å². The van der Waals surface area contributed by atoms with Gasteiger partial charge < -0.3 is 15.5 Å². The van der Waals surface area contributed by atoms with Crippen molar-refractivity contribution in [2.45, 2.75) is 26.3 Å². The number of piperazine rings is 1. The van der Waals surface area contributed by atoms with Gasteiger partial charge in [-0.2, -0.15) is 0 Å². The van der Waals surface area contributed by atoms with Crippen LogP contribution in [0, 0.1) is 13.8 Å². The Morgan fingerprint density at radius 3 is 2.85 bits per heavy atom. The Hall–Kier alpha value is -2.96. The highest BCUT2D eigenvalue weighted by molar-refractivity contribution is 6.08.